The van der Waals surface area contributed by atoms with E-state index in [2.05, 4.69) is 15.4 Å². The molecule has 1 heterocycles. The molecule has 4 N–H and O–H groups in total. The van der Waals surface area contributed by atoms with E-state index in [0.717, 1.165) is 30.6 Å². The van der Waals surface area contributed by atoms with Gasteiger partial charge in [0.2, 0.25) is 0 Å². The first-order chi connectivity index (χ1) is 9.43. The van der Waals surface area contributed by atoms with E-state index in [4.69, 9.17) is 10.9 Å². The maximum Gasteiger partial charge on any atom is 0.174 e. The normalized spacial score (nSPS) is 22.5. The van der Waals surface area contributed by atoms with Crippen LogP contribution in [0.5, 0.6) is 0 Å². The molecule has 0 atom stereocenters. The van der Waals surface area contributed by atoms with Crippen LogP contribution in [0.4, 0.5) is 5.82 Å². The fourth-order valence-electron chi connectivity index (χ4n) is 2.54. The molecule has 110 valence electrons. The minimum atomic E-state index is -0.178. The minimum absolute atomic E-state index is 0.0380. The van der Waals surface area contributed by atoms with Gasteiger partial charge in [-0.05, 0) is 38.2 Å². The molecule has 0 unspecified atom stereocenters. The number of amidine groups is 1. The lowest BCUT2D eigenvalue weighted by molar-refractivity contribution is 0.0464. The maximum atomic E-state index is 9.34. The average molecular weight is 279 g/mol. The molecule has 1 aliphatic carbocycles. The highest BCUT2D eigenvalue weighted by Gasteiger charge is 2.29. The van der Waals surface area contributed by atoms with Crippen LogP contribution in [-0.4, -0.2) is 46.0 Å². The number of aliphatic hydroxyl groups excluding tert-OH is 1. The molecule has 1 saturated carbocycles. The second kappa shape index (κ2) is 5.62. The summed E-state index contributed by atoms with van der Waals surface area (Å²) in [5, 5.41) is 29.7. The van der Waals surface area contributed by atoms with Gasteiger partial charge in [0.05, 0.1) is 17.4 Å². The third kappa shape index (κ3) is 2.67. The molecule has 7 nitrogen and oxygen atoms in total. The Morgan fingerprint density at radius 1 is 1.40 bits per heavy atom. The first-order valence-corrected chi connectivity index (χ1v) is 6.65. The largest absolute Gasteiger partial charge is 0.409 e. The lowest BCUT2D eigenvalue weighted by atomic mass is 9.82. The number of aliphatic hydroxyl groups is 1. The smallest absolute Gasteiger partial charge is 0.174 e. The molecule has 0 aromatic carbocycles. The molecular formula is C13H21N5O2. The van der Waals surface area contributed by atoms with E-state index < -0.39 is 0 Å². The first-order valence-electron chi connectivity index (χ1n) is 6.65. The Morgan fingerprint density at radius 2 is 2.05 bits per heavy atom. The van der Waals surface area contributed by atoms with Crippen molar-refractivity contribution in [3.63, 3.8) is 0 Å². The molecule has 1 fully saturated rings. The van der Waals surface area contributed by atoms with E-state index >= 15 is 0 Å². The number of hydrogen-bond acceptors (Lipinski definition) is 6. The van der Waals surface area contributed by atoms with Gasteiger partial charge in [-0.1, -0.05) is 5.16 Å². The summed E-state index contributed by atoms with van der Waals surface area (Å²) in [7, 11) is 1.90. The molecule has 20 heavy (non-hydrogen) atoms. The van der Waals surface area contributed by atoms with Gasteiger partial charge in [0.1, 0.15) is 0 Å². The van der Waals surface area contributed by atoms with E-state index in [1.807, 2.05) is 25.8 Å². The zero-order chi connectivity index (χ0) is 14.9. The Bertz CT molecular complexity index is 526. The zero-order valence-electron chi connectivity index (χ0n) is 12.0. The fourth-order valence-corrected chi connectivity index (χ4v) is 2.54. The van der Waals surface area contributed by atoms with Gasteiger partial charge < -0.3 is 20.9 Å². The lowest BCUT2D eigenvalue weighted by Crippen LogP contribution is -2.38. The monoisotopic (exact) mass is 279 g/mol. The zero-order valence-corrected chi connectivity index (χ0v) is 12.0. The van der Waals surface area contributed by atoms with Gasteiger partial charge >= 0.3 is 0 Å². The molecular weight excluding hydrogens is 258 g/mol. The van der Waals surface area contributed by atoms with Gasteiger partial charge in [0.25, 0.3) is 0 Å². The van der Waals surface area contributed by atoms with E-state index in [0.29, 0.717) is 17.3 Å². The highest BCUT2D eigenvalue weighted by molar-refractivity contribution is 6.02. The molecule has 0 amide bonds. The third-order valence-electron chi connectivity index (χ3n) is 3.90. The molecule has 1 aromatic heterocycles. The lowest BCUT2D eigenvalue weighted by Gasteiger charge is -2.35. The first kappa shape index (κ1) is 14.5. The van der Waals surface area contributed by atoms with Crippen molar-refractivity contribution in [2.24, 2.45) is 16.8 Å². The SMILES string of the molecule is Cc1nnc(N(C)CC2CC(O)C2)c(C(N)=NO)c1C. The topological polar surface area (TPSA) is 108 Å². The van der Waals surface area contributed by atoms with Crippen LogP contribution < -0.4 is 10.6 Å². The van der Waals surface area contributed by atoms with Crippen molar-refractivity contribution in [3.8, 4) is 0 Å². The van der Waals surface area contributed by atoms with Crippen LogP contribution in [0, 0.1) is 19.8 Å². The minimum Gasteiger partial charge on any atom is -0.409 e. The van der Waals surface area contributed by atoms with Crippen LogP contribution in [0.2, 0.25) is 0 Å². The van der Waals surface area contributed by atoms with Crippen LogP contribution in [-0.2, 0) is 0 Å². The van der Waals surface area contributed by atoms with Gasteiger partial charge in [0.15, 0.2) is 11.7 Å². The molecule has 0 aliphatic heterocycles. The predicted molar refractivity (Wildman–Crippen MR) is 76.0 cm³/mol. The van der Waals surface area contributed by atoms with E-state index in [9.17, 15) is 5.11 Å². The molecule has 1 aliphatic rings. The number of nitrogens with zero attached hydrogens (tertiary/aromatic N) is 4. The highest BCUT2D eigenvalue weighted by atomic mass is 16.4. The Labute approximate surface area is 118 Å². The summed E-state index contributed by atoms with van der Waals surface area (Å²) in [6.45, 7) is 4.48. The van der Waals surface area contributed by atoms with Crippen molar-refractivity contribution in [1.82, 2.24) is 10.2 Å². The van der Waals surface area contributed by atoms with Gasteiger partial charge in [0, 0.05) is 13.6 Å². The fraction of sp³-hybridized carbons (Fsp3) is 0.615. The van der Waals surface area contributed by atoms with Crippen molar-refractivity contribution in [3.05, 3.63) is 16.8 Å². The average Bonchev–Trinajstić information content (AvgIpc) is 2.38. The summed E-state index contributed by atoms with van der Waals surface area (Å²) >= 11 is 0. The number of anilines is 1. The second-order valence-electron chi connectivity index (χ2n) is 5.47. The van der Waals surface area contributed by atoms with Gasteiger partial charge in [-0.15, -0.1) is 5.10 Å². The third-order valence-corrected chi connectivity index (χ3v) is 3.90. The number of aromatic nitrogens is 2. The second-order valence-corrected chi connectivity index (χ2v) is 5.47. The van der Waals surface area contributed by atoms with Crippen LogP contribution >= 0.6 is 0 Å². The van der Waals surface area contributed by atoms with Crippen molar-refractivity contribution in [1.29, 1.82) is 0 Å². The molecule has 0 radical (unpaired) electrons. The van der Waals surface area contributed by atoms with E-state index in [1.165, 1.54) is 0 Å². The predicted octanol–water partition coefficient (Wildman–Crippen LogP) is 0.395. The summed E-state index contributed by atoms with van der Waals surface area (Å²) in [5.41, 5.74) is 7.99. The van der Waals surface area contributed by atoms with Crippen molar-refractivity contribution in [2.45, 2.75) is 32.8 Å². The Hall–Kier alpha value is -1.89. The summed E-state index contributed by atoms with van der Waals surface area (Å²) < 4.78 is 0. The van der Waals surface area contributed by atoms with Crippen molar-refractivity contribution < 1.29 is 10.3 Å². The van der Waals surface area contributed by atoms with Crippen LogP contribution in [0.25, 0.3) is 0 Å². The molecule has 0 bridgehead atoms. The molecule has 7 heteroatoms. The number of oxime groups is 1. The van der Waals surface area contributed by atoms with Crippen molar-refractivity contribution in [2.75, 3.05) is 18.5 Å². The van der Waals surface area contributed by atoms with Crippen LogP contribution in [0.15, 0.2) is 5.16 Å². The van der Waals surface area contributed by atoms with Gasteiger partial charge in [-0.3, -0.25) is 0 Å². The number of aryl methyl sites for hydroxylation is 1. The molecule has 1 aromatic rings. The summed E-state index contributed by atoms with van der Waals surface area (Å²) in [4.78, 5) is 1.95. The summed E-state index contributed by atoms with van der Waals surface area (Å²) in [6, 6.07) is 0. The Kier molecular flexibility index (Phi) is 4.08. The van der Waals surface area contributed by atoms with Gasteiger partial charge in [-0.25, -0.2) is 0 Å². The van der Waals surface area contributed by atoms with E-state index in [-0.39, 0.29) is 11.9 Å². The maximum absolute atomic E-state index is 9.34. The molecule has 2 rings (SSSR count). The number of rotatable bonds is 4. The molecule has 0 saturated heterocycles. The highest BCUT2D eigenvalue weighted by Crippen LogP contribution is 2.30. The van der Waals surface area contributed by atoms with Gasteiger partial charge in [-0.2, -0.15) is 5.10 Å². The van der Waals surface area contributed by atoms with E-state index in [1.54, 1.807) is 0 Å². The van der Waals surface area contributed by atoms with Crippen LogP contribution in [0.1, 0.15) is 29.7 Å². The quantitative estimate of drug-likeness (QED) is 0.318. The van der Waals surface area contributed by atoms with Crippen LogP contribution in [0.3, 0.4) is 0 Å². The Balaban J connectivity index is 2.28. The summed E-state index contributed by atoms with van der Waals surface area (Å²) in [5.74, 6) is 1.08. The summed E-state index contributed by atoms with van der Waals surface area (Å²) in [6.07, 6.45) is 1.44. The number of hydrogen-bond donors (Lipinski definition) is 3. The Morgan fingerprint density at radius 3 is 2.60 bits per heavy atom. The number of nitrogens with two attached hydrogens (primary N) is 1. The molecule has 0 spiro atoms. The van der Waals surface area contributed by atoms with Crippen molar-refractivity contribution >= 4 is 11.7 Å². The standard InChI is InChI=1S/C13H21N5O2/c1-7-8(2)15-16-13(11(7)12(14)17-20)18(3)6-9-4-10(19)5-9/h9-10,19-20H,4-6H2,1-3H3,(H2,14,17).